The van der Waals surface area contributed by atoms with E-state index in [4.69, 9.17) is 0 Å². The predicted molar refractivity (Wildman–Crippen MR) is 118 cm³/mol. The molecule has 0 saturated carbocycles. The largest absolute Gasteiger partial charge is 0.505 e. The maximum absolute atomic E-state index is 14.2. The lowest BCUT2D eigenvalue weighted by Gasteiger charge is -2.14. The van der Waals surface area contributed by atoms with Crippen LogP contribution in [0, 0.1) is 29.1 Å². The maximum atomic E-state index is 14.2. The zero-order chi connectivity index (χ0) is 26.3. The van der Waals surface area contributed by atoms with Crippen molar-refractivity contribution in [1.82, 2.24) is 0 Å². The minimum atomic E-state index is -2.39. The van der Waals surface area contributed by atoms with Gasteiger partial charge in [0, 0.05) is 5.56 Å². The number of nitrogens with zero attached hydrogens (tertiary/aromatic N) is 3. The number of hydrazone groups is 2. The summed E-state index contributed by atoms with van der Waals surface area (Å²) in [4.78, 5) is 23.9. The normalized spacial score (nSPS) is 14.4. The summed E-state index contributed by atoms with van der Waals surface area (Å²) < 4.78 is 68.8. The van der Waals surface area contributed by atoms with Gasteiger partial charge < -0.3 is 10.2 Å². The lowest BCUT2D eigenvalue weighted by atomic mass is 10.0. The smallest absolute Gasteiger partial charge is 0.335 e. The number of halogens is 5. The van der Waals surface area contributed by atoms with Crippen molar-refractivity contribution < 1.29 is 41.8 Å². The number of aromatic hydroxyl groups is 1. The molecule has 0 aliphatic carbocycles. The van der Waals surface area contributed by atoms with Gasteiger partial charge in [-0.2, -0.15) is 15.2 Å². The van der Waals surface area contributed by atoms with Crippen LogP contribution in [-0.2, 0) is 4.79 Å². The fourth-order valence-corrected chi connectivity index (χ4v) is 3.36. The van der Waals surface area contributed by atoms with Crippen LogP contribution in [0.25, 0.3) is 11.1 Å². The Bertz CT molecular complexity index is 1480. The van der Waals surface area contributed by atoms with Gasteiger partial charge in [-0.05, 0) is 30.7 Å². The number of phenolic OH excluding ortho intramolecular Hbond substituents is 1. The zero-order valence-corrected chi connectivity index (χ0v) is 18.0. The standard InChI is InChI=1S/C23H13F5N4O4/c1-9-19(22(34)32(31-9)20-17(27)15(25)14(24)16(26)18(20)28)30-29-13-7-3-6-12(21(13)33)10-4-2-5-11(8-10)23(35)36/h2-8,29,33H,1H3,(H,35,36)/b30-19-. The van der Waals surface area contributed by atoms with Crippen molar-refractivity contribution in [3.8, 4) is 16.9 Å². The number of carbonyl (C=O) groups is 2. The van der Waals surface area contributed by atoms with Crippen LogP contribution in [0.5, 0.6) is 5.75 Å². The molecule has 4 rings (SSSR count). The van der Waals surface area contributed by atoms with Crippen LogP contribution in [0.2, 0.25) is 0 Å². The van der Waals surface area contributed by atoms with E-state index in [1.807, 2.05) is 0 Å². The number of rotatable bonds is 5. The Morgan fingerprint density at radius 1 is 0.972 bits per heavy atom. The SMILES string of the molecule is CC1=NN(c2c(F)c(F)c(F)c(F)c2F)C(=O)/C1=N\Nc1cccc(-c2cccc(C(=O)O)c2)c1O. The number of para-hydroxylation sites is 1. The fourth-order valence-electron chi connectivity index (χ4n) is 3.36. The molecule has 0 saturated heterocycles. The van der Waals surface area contributed by atoms with Crippen molar-refractivity contribution in [1.29, 1.82) is 0 Å². The Morgan fingerprint density at radius 3 is 2.22 bits per heavy atom. The quantitative estimate of drug-likeness (QED) is 0.154. The van der Waals surface area contributed by atoms with Crippen LogP contribution in [-0.4, -0.2) is 33.5 Å². The Labute approximate surface area is 198 Å². The molecule has 0 atom stereocenters. The summed E-state index contributed by atoms with van der Waals surface area (Å²) in [6, 6.07) is 10.1. The van der Waals surface area contributed by atoms with E-state index in [1.54, 1.807) is 6.07 Å². The van der Waals surface area contributed by atoms with Crippen LogP contribution >= 0.6 is 0 Å². The van der Waals surface area contributed by atoms with Gasteiger partial charge in [0.05, 0.1) is 17.0 Å². The molecule has 0 radical (unpaired) electrons. The molecule has 3 aromatic carbocycles. The van der Waals surface area contributed by atoms with Crippen LogP contribution in [0.1, 0.15) is 17.3 Å². The van der Waals surface area contributed by atoms with Crippen LogP contribution in [0.15, 0.2) is 52.7 Å². The first-order valence-electron chi connectivity index (χ1n) is 9.93. The van der Waals surface area contributed by atoms with E-state index in [0.717, 1.165) is 0 Å². The van der Waals surface area contributed by atoms with E-state index in [-0.39, 0.29) is 33.3 Å². The van der Waals surface area contributed by atoms with Gasteiger partial charge >= 0.3 is 11.9 Å². The van der Waals surface area contributed by atoms with Gasteiger partial charge in [0.1, 0.15) is 11.4 Å². The Hall–Kier alpha value is -4.81. The van der Waals surface area contributed by atoms with E-state index >= 15 is 0 Å². The summed E-state index contributed by atoms with van der Waals surface area (Å²) in [6.45, 7) is 1.21. The number of benzene rings is 3. The minimum Gasteiger partial charge on any atom is -0.505 e. The van der Waals surface area contributed by atoms with Crippen molar-refractivity contribution >= 4 is 34.7 Å². The van der Waals surface area contributed by atoms with Gasteiger partial charge in [0.25, 0.3) is 0 Å². The Morgan fingerprint density at radius 2 is 1.58 bits per heavy atom. The highest BCUT2D eigenvalue weighted by molar-refractivity contribution is 6.71. The molecule has 1 aliphatic rings. The summed E-state index contributed by atoms with van der Waals surface area (Å²) in [5, 5.41) is 27.1. The average molecular weight is 504 g/mol. The first kappa shape index (κ1) is 24.3. The number of amides is 1. The minimum absolute atomic E-state index is 0.000207. The van der Waals surface area contributed by atoms with Gasteiger partial charge in [-0.3, -0.25) is 10.2 Å². The second-order valence-electron chi connectivity index (χ2n) is 7.38. The molecular weight excluding hydrogens is 491 g/mol. The van der Waals surface area contributed by atoms with Gasteiger partial charge in [0.15, 0.2) is 29.0 Å². The summed E-state index contributed by atoms with van der Waals surface area (Å²) in [7, 11) is 0. The van der Waals surface area contributed by atoms with Crippen molar-refractivity contribution in [3.05, 3.63) is 77.1 Å². The summed E-state index contributed by atoms with van der Waals surface area (Å²) in [5.41, 5.74) is 0.580. The van der Waals surface area contributed by atoms with Crippen LogP contribution in [0.4, 0.5) is 33.3 Å². The molecule has 0 spiro atoms. The van der Waals surface area contributed by atoms with E-state index in [2.05, 4.69) is 15.6 Å². The summed E-state index contributed by atoms with van der Waals surface area (Å²) in [5.74, 6) is -14.2. The molecule has 0 fully saturated rings. The third-order valence-corrected chi connectivity index (χ3v) is 5.13. The maximum Gasteiger partial charge on any atom is 0.335 e. The highest BCUT2D eigenvalue weighted by Crippen LogP contribution is 2.36. The number of anilines is 2. The molecule has 0 unspecified atom stereocenters. The van der Waals surface area contributed by atoms with Crippen LogP contribution < -0.4 is 10.4 Å². The van der Waals surface area contributed by atoms with E-state index in [0.29, 0.717) is 5.56 Å². The van der Waals surface area contributed by atoms with Crippen molar-refractivity contribution in [2.45, 2.75) is 6.92 Å². The second-order valence-corrected chi connectivity index (χ2v) is 7.38. The van der Waals surface area contributed by atoms with Gasteiger partial charge in [-0.1, -0.05) is 24.3 Å². The lowest BCUT2D eigenvalue weighted by Crippen LogP contribution is -2.30. The molecule has 0 bridgehead atoms. The zero-order valence-electron chi connectivity index (χ0n) is 18.0. The first-order chi connectivity index (χ1) is 17.0. The third kappa shape index (κ3) is 4.00. The first-order valence-corrected chi connectivity index (χ1v) is 9.93. The topological polar surface area (TPSA) is 115 Å². The van der Waals surface area contributed by atoms with E-state index in [1.165, 1.54) is 43.3 Å². The third-order valence-electron chi connectivity index (χ3n) is 5.13. The predicted octanol–water partition coefficient (Wildman–Crippen LogP) is 4.64. The lowest BCUT2D eigenvalue weighted by molar-refractivity contribution is -0.112. The number of hydrogen-bond donors (Lipinski definition) is 3. The monoisotopic (exact) mass is 504 g/mol. The number of aromatic carboxylic acids is 1. The van der Waals surface area contributed by atoms with E-state index in [9.17, 15) is 41.8 Å². The molecule has 3 aromatic rings. The molecule has 3 N–H and O–H groups in total. The van der Waals surface area contributed by atoms with Crippen LogP contribution in [0.3, 0.4) is 0 Å². The molecule has 184 valence electrons. The molecule has 1 heterocycles. The fraction of sp³-hybridized carbons (Fsp3) is 0.0435. The molecule has 1 amide bonds. The van der Waals surface area contributed by atoms with Gasteiger partial charge in [0.2, 0.25) is 5.82 Å². The number of carbonyl (C=O) groups excluding carboxylic acids is 1. The summed E-state index contributed by atoms with van der Waals surface area (Å²) >= 11 is 0. The number of hydrogen-bond acceptors (Lipinski definition) is 6. The van der Waals surface area contributed by atoms with Gasteiger partial charge in [-0.25, -0.2) is 26.7 Å². The molecule has 36 heavy (non-hydrogen) atoms. The molecule has 8 nitrogen and oxygen atoms in total. The molecular formula is C23H13F5N4O4. The van der Waals surface area contributed by atoms with Crippen molar-refractivity contribution in [2.24, 2.45) is 10.2 Å². The highest BCUT2D eigenvalue weighted by atomic mass is 19.2. The molecule has 13 heteroatoms. The van der Waals surface area contributed by atoms with Crippen molar-refractivity contribution in [3.63, 3.8) is 0 Å². The number of phenols is 1. The van der Waals surface area contributed by atoms with Crippen molar-refractivity contribution in [2.75, 3.05) is 10.4 Å². The number of nitrogens with one attached hydrogen (secondary N) is 1. The number of carboxylic acids is 1. The molecule has 0 aromatic heterocycles. The Balaban J connectivity index is 1.66. The van der Waals surface area contributed by atoms with E-state index < -0.39 is 52.4 Å². The molecule has 1 aliphatic heterocycles. The van der Waals surface area contributed by atoms with Gasteiger partial charge in [-0.15, -0.1) is 0 Å². The summed E-state index contributed by atoms with van der Waals surface area (Å²) in [6.07, 6.45) is 0. The number of carboxylic acid groups (broad SMARTS) is 1. The second kappa shape index (κ2) is 9.09. The Kier molecular flexibility index (Phi) is 6.14. The highest BCUT2D eigenvalue weighted by Gasteiger charge is 2.38. The average Bonchev–Trinajstić information content (AvgIpc) is 3.13.